The topological polar surface area (TPSA) is 81.2 Å². The summed E-state index contributed by atoms with van der Waals surface area (Å²) >= 11 is 0. The number of nitrogens with one attached hydrogen (secondary N) is 1. The Bertz CT molecular complexity index is 776. The van der Waals surface area contributed by atoms with Gasteiger partial charge in [-0.2, -0.15) is 4.98 Å². The van der Waals surface area contributed by atoms with Crippen molar-refractivity contribution in [3.8, 4) is 22.8 Å². The van der Waals surface area contributed by atoms with Gasteiger partial charge in [0, 0.05) is 17.2 Å². The van der Waals surface area contributed by atoms with E-state index in [0.717, 1.165) is 5.56 Å². The van der Waals surface area contributed by atoms with E-state index in [-0.39, 0.29) is 11.9 Å². The summed E-state index contributed by atoms with van der Waals surface area (Å²) in [6.07, 6.45) is 3.07. The van der Waals surface area contributed by atoms with Crippen molar-refractivity contribution in [1.82, 2.24) is 15.5 Å². The zero-order valence-electron chi connectivity index (χ0n) is 12.2. The maximum atomic E-state index is 12.0. The molecule has 3 aromatic rings. The Labute approximate surface area is 127 Å². The average molecular weight is 297 g/mol. The first-order chi connectivity index (χ1) is 10.6. The highest BCUT2D eigenvalue weighted by molar-refractivity contribution is 5.95. The van der Waals surface area contributed by atoms with Crippen LogP contribution in [0.2, 0.25) is 0 Å². The number of carbonyl (C=O) groups is 1. The van der Waals surface area contributed by atoms with Crippen LogP contribution in [0, 0.1) is 0 Å². The lowest BCUT2D eigenvalue weighted by atomic mass is 10.1. The molecule has 0 radical (unpaired) electrons. The van der Waals surface area contributed by atoms with Gasteiger partial charge in [-0.25, -0.2) is 0 Å². The molecule has 2 aromatic heterocycles. The van der Waals surface area contributed by atoms with Crippen molar-refractivity contribution in [3.05, 3.63) is 48.4 Å². The van der Waals surface area contributed by atoms with Crippen LogP contribution in [0.15, 0.2) is 51.8 Å². The monoisotopic (exact) mass is 297 g/mol. The van der Waals surface area contributed by atoms with Crippen LogP contribution in [0.3, 0.4) is 0 Å². The summed E-state index contributed by atoms with van der Waals surface area (Å²) in [7, 11) is 0. The molecule has 0 spiro atoms. The van der Waals surface area contributed by atoms with Gasteiger partial charge in [0.25, 0.3) is 11.8 Å². The Kier molecular flexibility index (Phi) is 3.74. The van der Waals surface area contributed by atoms with Gasteiger partial charge in [0.05, 0.1) is 11.8 Å². The standard InChI is InChI=1S/C16H15N3O3/c1-10(2)17-15(20)12-5-3-4-11(8-12)14-18-16(22-19-14)13-6-7-21-9-13/h3-10H,1-2H3,(H,17,20). The zero-order valence-corrected chi connectivity index (χ0v) is 12.2. The van der Waals surface area contributed by atoms with E-state index in [1.807, 2.05) is 19.9 Å². The van der Waals surface area contributed by atoms with Crippen molar-refractivity contribution in [1.29, 1.82) is 0 Å². The molecular formula is C16H15N3O3. The first-order valence-corrected chi connectivity index (χ1v) is 6.91. The van der Waals surface area contributed by atoms with Crippen molar-refractivity contribution in [2.75, 3.05) is 0 Å². The van der Waals surface area contributed by atoms with Gasteiger partial charge in [0.2, 0.25) is 5.82 Å². The molecule has 0 aliphatic carbocycles. The molecule has 1 N–H and O–H groups in total. The molecule has 0 fully saturated rings. The fourth-order valence-electron chi connectivity index (χ4n) is 1.99. The summed E-state index contributed by atoms with van der Waals surface area (Å²) in [5.74, 6) is 0.673. The van der Waals surface area contributed by atoms with Gasteiger partial charge >= 0.3 is 0 Å². The summed E-state index contributed by atoms with van der Waals surface area (Å²) in [5, 5.41) is 6.79. The average Bonchev–Trinajstić information content (AvgIpc) is 3.18. The Balaban J connectivity index is 1.88. The maximum absolute atomic E-state index is 12.0. The lowest BCUT2D eigenvalue weighted by molar-refractivity contribution is 0.0943. The summed E-state index contributed by atoms with van der Waals surface area (Å²) in [6.45, 7) is 3.83. The number of hydrogen-bond donors (Lipinski definition) is 1. The van der Waals surface area contributed by atoms with E-state index in [1.54, 1.807) is 24.3 Å². The lowest BCUT2D eigenvalue weighted by Gasteiger charge is -2.08. The third kappa shape index (κ3) is 2.90. The van der Waals surface area contributed by atoms with Crippen LogP contribution in [0.25, 0.3) is 22.8 Å². The van der Waals surface area contributed by atoms with E-state index < -0.39 is 0 Å². The molecule has 6 nitrogen and oxygen atoms in total. The van der Waals surface area contributed by atoms with Crippen molar-refractivity contribution < 1.29 is 13.7 Å². The minimum absolute atomic E-state index is 0.0778. The van der Waals surface area contributed by atoms with Crippen LogP contribution >= 0.6 is 0 Å². The molecule has 112 valence electrons. The summed E-state index contributed by atoms with van der Waals surface area (Å²) in [6, 6.07) is 8.92. The van der Waals surface area contributed by atoms with E-state index in [1.165, 1.54) is 12.5 Å². The Morgan fingerprint density at radius 2 is 2.09 bits per heavy atom. The molecule has 0 aliphatic rings. The summed E-state index contributed by atoms with van der Waals surface area (Å²) in [5.41, 5.74) is 1.99. The van der Waals surface area contributed by atoms with E-state index in [9.17, 15) is 4.79 Å². The van der Waals surface area contributed by atoms with Gasteiger partial charge in [0.15, 0.2) is 0 Å². The third-order valence-electron chi connectivity index (χ3n) is 3.00. The van der Waals surface area contributed by atoms with Gasteiger partial charge in [0.1, 0.15) is 6.26 Å². The maximum Gasteiger partial charge on any atom is 0.261 e. The highest BCUT2D eigenvalue weighted by atomic mass is 16.5. The molecule has 0 saturated heterocycles. The number of benzene rings is 1. The molecule has 0 atom stereocenters. The minimum Gasteiger partial charge on any atom is -0.472 e. The van der Waals surface area contributed by atoms with Crippen LogP contribution in [-0.2, 0) is 0 Å². The van der Waals surface area contributed by atoms with Crippen molar-refractivity contribution in [3.63, 3.8) is 0 Å². The third-order valence-corrected chi connectivity index (χ3v) is 3.00. The molecule has 22 heavy (non-hydrogen) atoms. The van der Waals surface area contributed by atoms with E-state index >= 15 is 0 Å². The second kappa shape index (κ2) is 5.85. The Hall–Kier alpha value is -2.89. The second-order valence-electron chi connectivity index (χ2n) is 5.14. The van der Waals surface area contributed by atoms with E-state index in [2.05, 4.69) is 15.5 Å². The quantitative estimate of drug-likeness (QED) is 0.800. The van der Waals surface area contributed by atoms with Crippen LogP contribution in [0.4, 0.5) is 0 Å². The number of hydrogen-bond acceptors (Lipinski definition) is 5. The van der Waals surface area contributed by atoms with Gasteiger partial charge in [-0.05, 0) is 32.0 Å². The van der Waals surface area contributed by atoms with Gasteiger partial charge in [-0.3, -0.25) is 4.79 Å². The summed E-state index contributed by atoms with van der Waals surface area (Å²) < 4.78 is 10.2. The molecule has 3 rings (SSSR count). The number of nitrogens with zero attached hydrogens (tertiary/aromatic N) is 2. The lowest BCUT2D eigenvalue weighted by Crippen LogP contribution is -2.30. The van der Waals surface area contributed by atoms with Crippen LogP contribution in [0.5, 0.6) is 0 Å². The van der Waals surface area contributed by atoms with Gasteiger partial charge in [-0.1, -0.05) is 17.3 Å². The van der Waals surface area contributed by atoms with Gasteiger partial charge in [-0.15, -0.1) is 0 Å². The molecule has 1 aromatic carbocycles. The van der Waals surface area contributed by atoms with Crippen LogP contribution in [0.1, 0.15) is 24.2 Å². The van der Waals surface area contributed by atoms with Crippen molar-refractivity contribution in [2.45, 2.75) is 19.9 Å². The number of furan rings is 1. The molecule has 1 amide bonds. The Morgan fingerprint density at radius 3 is 2.82 bits per heavy atom. The fraction of sp³-hybridized carbons (Fsp3) is 0.188. The largest absolute Gasteiger partial charge is 0.472 e. The summed E-state index contributed by atoms with van der Waals surface area (Å²) in [4.78, 5) is 16.4. The Morgan fingerprint density at radius 1 is 1.23 bits per heavy atom. The highest BCUT2D eigenvalue weighted by Crippen LogP contribution is 2.23. The molecule has 0 unspecified atom stereocenters. The predicted molar refractivity (Wildman–Crippen MR) is 80.0 cm³/mol. The second-order valence-corrected chi connectivity index (χ2v) is 5.14. The molecule has 2 heterocycles. The van der Waals surface area contributed by atoms with E-state index in [4.69, 9.17) is 8.94 Å². The first-order valence-electron chi connectivity index (χ1n) is 6.91. The highest BCUT2D eigenvalue weighted by Gasteiger charge is 2.13. The predicted octanol–water partition coefficient (Wildman–Crippen LogP) is 3.13. The number of rotatable bonds is 4. The normalized spacial score (nSPS) is 10.9. The van der Waals surface area contributed by atoms with Gasteiger partial charge < -0.3 is 14.3 Å². The molecule has 0 aliphatic heterocycles. The van der Waals surface area contributed by atoms with Crippen molar-refractivity contribution >= 4 is 5.91 Å². The zero-order chi connectivity index (χ0) is 15.5. The number of amides is 1. The minimum atomic E-state index is -0.129. The fourth-order valence-corrected chi connectivity index (χ4v) is 1.99. The SMILES string of the molecule is CC(C)NC(=O)c1cccc(-c2noc(-c3ccoc3)n2)c1. The number of carbonyl (C=O) groups excluding carboxylic acids is 1. The van der Waals surface area contributed by atoms with Crippen LogP contribution in [-0.4, -0.2) is 22.1 Å². The van der Waals surface area contributed by atoms with Crippen molar-refractivity contribution in [2.24, 2.45) is 0 Å². The first kappa shape index (κ1) is 14.1. The molecular weight excluding hydrogens is 282 g/mol. The molecule has 0 saturated carbocycles. The number of aromatic nitrogens is 2. The molecule has 6 heteroatoms. The smallest absolute Gasteiger partial charge is 0.261 e. The molecule has 0 bridgehead atoms. The van der Waals surface area contributed by atoms with E-state index in [0.29, 0.717) is 22.8 Å². The van der Waals surface area contributed by atoms with Crippen LogP contribution < -0.4 is 5.32 Å².